The summed E-state index contributed by atoms with van der Waals surface area (Å²) in [4.78, 5) is 26.7. The smallest absolute Gasteiger partial charge is 0.410 e. The molecule has 0 radical (unpaired) electrons. The van der Waals surface area contributed by atoms with Crippen LogP contribution < -0.4 is 0 Å². The number of rotatable bonds is 1. The van der Waals surface area contributed by atoms with E-state index in [9.17, 15) is 9.59 Å². The molecule has 3 rings (SSSR count). The van der Waals surface area contributed by atoms with Crippen molar-refractivity contribution in [2.75, 3.05) is 13.2 Å². The molecular weight excluding hydrogens is 362 g/mol. The first-order valence-corrected chi connectivity index (χ1v) is 9.77. The molecule has 2 aliphatic rings. The number of halogens is 1. The van der Waals surface area contributed by atoms with Gasteiger partial charge in [0.25, 0.3) is 0 Å². The first kappa shape index (κ1) is 18.7. The van der Waals surface area contributed by atoms with Crippen molar-refractivity contribution in [3.8, 4) is 0 Å². The summed E-state index contributed by atoms with van der Waals surface area (Å²) in [7, 11) is 0. The number of thiophene rings is 1. The van der Waals surface area contributed by atoms with E-state index >= 15 is 0 Å². The first-order chi connectivity index (χ1) is 11.7. The number of aldehydes is 1. The number of piperidine rings is 1. The summed E-state index contributed by atoms with van der Waals surface area (Å²) in [6.07, 6.45) is 2.62. The van der Waals surface area contributed by atoms with Crippen molar-refractivity contribution < 1.29 is 19.1 Å². The minimum atomic E-state index is -0.513. The Balaban J connectivity index is 1.84. The fraction of sp³-hybridized carbons (Fsp3) is 0.667. The number of hydrogen-bond donors (Lipinski definition) is 0. The van der Waals surface area contributed by atoms with Crippen LogP contribution in [0.4, 0.5) is 4.79 Å². The number of ether oxygens (including phenoxy) is 2. The summed E-state index contributed by atoms with van der Waals surface area (Å²) in [6.45, 7) is 8.74. The van der Waals surface area contributed by atoms with Gasteiger partial charge in [-0.15, -0.1) is 11.3 Å². The van der Waals surface area contributed by atoms with Gasteiger partial charge in [-0.2, -0.15) is 0 Å². The molecule has 0 bridgehead atoms. The summed E-state index contributed by atoms with van der Waals surface area (Å²) >= 11 is 7.72. The molecule has 7 heteroatoms. The number of carbonyl (C=O) groups excluding carboxylic acids is 2. The molecule has 25 heavy (non-hydrogen) atoms. The third-order valence-electron chi connectivity index (χ3n) is 4.81. The predicted octanol–water partition coefficient (Wildman–Crippen LogP) is 4.40. The van der Waals surface area contributed by atoms with Gasteiger partial charge in [-0.1, -0.05) is 11.6 Å². The number of nitrogens with zero attached hydrogens (tertiary/aromatic N) is 1. The Morgan fingerprint density at radius 2 is 2.20 bits per heavy atom. The topological polar surface area (TPSA) is 55.8 Å². The van der Waals surface area contributed by atoms with Crippen molar-refractivity contribution in [2.24, 2.45) is 0 Å². The molecule has 1 amide bonds. The lowest BCUT2D eigenvalue weighted by Crippen LogP contribution is -2.53. The molecule has 1 aromatic rings. The zero-order valence-corrected chi connectivity index (χ0v) is 16.6. The Hall–Kier alpha value is -1.11. The summed E-state index contributed by atoms with van der Waals surface area (Å²) in [6, 6.07) is -0.0184. The quantitative estimate of drug-likeness (QED) is 0.672. The van der Waals surface area contributed by atoms with Crippen molar-refractivity contribution in [3.63, 3.8) is 0 Å². The van der Waals surface area contributed by atoms with Crippen molar-refractivity contribution >= 4 is 35.3 Å². The summed E-state index contributed by atoms with van der Waals surface area (Å²) in [5.74, 6) is 0. The Morgan fingerprint density at radius 1 is 1.48 bits per heavy atom. The van der Waals surface area contributed by atoms with Crippen LogP contribution in [0.3, 0.4) is 0 Å². The standard InChI is InChI=1S/C18H24ClNO4S/c1-11-9-18(6-7-20(11)16(22)24-17(2,3)4)14-12(5-8-23-18)13(10-21)15(19)25-14/h10-11H,5-9H2,1-4H3/t11-,18?/m0/s1. The van der Waals surface area contributed by atoms with Crippen LogP contribution in [0.15, 0.2) is 0 Å². The van der Waals surface area contributed by atoms with Gasteiger partial charge in [0.15, 0.2) is 6.29 Å². The second kappa shape index (κ2) is 6.56. The van der Waals surface area contributed by atoms with Crippen molar-refractivity contribution in [2.45, 2.75) is 64.2 Å². The van der Waals surface area contributed by atoms with Crippen LogP contribution in [0.25, 0.3) is 0 Å². The molecule has 1 unspecified atom stereocenters. The van der Waals surface area contributed by atoms with Crippen molar-refractivity contribution in [3.05, 3.63) is 20.3 Å². The second-order valence-corrected chi connectivity index (χ2v) is 9.41. The molecule has 0 aromatic carbocycles. The zero-order chi connectivity index (χ0) is 18.4. The highest BCUT2D eigenvalue weighted by Crippen LogP contribution is 2.49. The van der Waals surface area contributed by atoms with Crippen LogP contribution in [-0.2, 0) is 21.5 Å². The molecule has 1 aromatic heterocycles. The van der Waals surface area contributed by atoms with Gasteiger partial charge in [-0.05, 0) is 46.1 Å². The fourth-order valence-electron chi connectivity index (χ4n) is 3.73. The first-order valence-electron chi connectivity index (χ1n) is 8.57. The molecule has 5 nitrogen and oxygen atoms in total. The van der Waals surface area contributed by atoms with E-state index < -0.39 is 11.2 Å². The van der Waals surface area contributed by atoms with E-state index in [4.69, 9.17) is 21.1 Å². The van der Waals surface area contributed by atoms with Gasteiger partial charge in [0.1, 0.15) is 15.5 Å². The van der Waals surface area contributed by atoms with E-state index in [1.54, 1.807) is 4.90 Å². The molecule has 1 spiro atoms. The minimum absolute atomic E-state index is 0.0184. The molecule has 1 saturated heterocycles. The van der Waals surface area contributed by atoms with Crippen LogP contribution in [0, 0.1) is 0 Å². The maximum Gasteiger partial charge on any atom is 0.410 e. The molecule has 0 saturated carbocycles. The highest BCUT2D eigenvalue weighted by Gasteiger charge is 2.47. The van der Waals surface area contributed by atoms with E-state index in [-0.39, 0.29) is 12.1 Å². The second-order valence-electron chi connectivity index (χ2n) is 7.78. The van der Waals surface area contributed by atoms with E-state index in [1.165, 1.54) is 11.3 Å². The van der Waals surface area contributed by atoms with Gasteiger partial charge >= 0.3 is 6.09 Å². The number of carbonyl (C=O) groups is 2. The van der Waals surface area contributed by atoms with Gasteiger partial charge in [-0.25, -0.2) is 4.79 Å². The summed E-state index contributed by atoms with van der Waals surface area (Å²) in [5.41, 5.74) is 0.655. The predicted molar refractivity (Wildman–Crippen MR) is 97.7 cm³/mol. The maximum absolute atomic E-state index is 12.4. The molecule has 2 atom stereocenters. The molecule has 138 valence electrons. The van der Waals surface area contributed by atoms with Crippen LogP contribution in [0.1, 0.15) is 61.3 Å². The summed E-state index contributed by atoms with van der Waals surface area (Å²) < 4.78 is 12.3. The molecule has 3 heterocycles. The highest BCUT2D eigenvalue weighted by atomic mass is 35.5. The van der Waals surface area contributed by atoms with E-state index in [0.717, 1.165) is 16.7 Å². The highest BCUT2D eigenvalue weighted by molar-refractivity contribution is 7.17. The van der Waals surface area contributed by atoms with Gasteiger partial charge < -0.3 is 14.4 Å². The van der Waals surface area contributed by atoms with Crippen molar-refractivity contribution in [1.82, 2.24) is 4.90 Å². The average molecular weight is 386 g/mol. The molecule has 0 aliphatic carbocycles. The normalized spacial score (nSPS) is 26.4. The number of fused-ring (bicyclic) bond motifs is 2. The van der Waals surface area contributed by atoms with Crippen molar-refractivity contribution in [1.29, 1.82) is 0 Å². The third kappa shape index (κ3) is 3.44. The molecular formula is C18H24ClNO4S. The van der Waals surface area contributed by atoms with Gasteiger partial charge in [-0.3, -0.25) is 4.79 Å². The van der Waals surface area contributed by atoms with Crippen LogP contribution in [-0.4, -0.2) is 42.1 Å². The summed E-state index contributed by atoms with van der Waals surface area (Å²) in [5, 5.41) is 0. The third-order valence-corrected chi connectivity index (χ3v) is 6.46. The number of hydrogen-bond acceptors (Lipinski definition) is 5. The van der Waals surface area contributed by atoms with E-state index in [2.05, 4.69) is 0 Å². The lowest BCUT2D eigenvalue weighted by Gasteiger charge is -2.46. The Labute approximate surface area is 157 Å². The monoisotopic (exact) mass is 385 g/mol. The molecule has 1 fully saturated rings. The Morgan fingerprint density at radius 3 is 2.80 bits per heavy atom. The average Bonchev–Trinajstić information content (AvgIpc) is 2.82. The largest absolute Gasteiger partial charge is 0.444 e. The molecule has 0 N–H and O–H groups in total. The minimum Gasteiger partial charge on any atom is -0.444 e. The Kier molecular flexibility index (Phi) is 4.90. The zero-order valence-electron chi connectivity index (χ0n) is 15.1. The maximum atomic E-state index is 12.4. The van der Waals surface area contributed by atoms with Gasteiger partial charge in [0, 0.05) is 29.4 Å². The fourth-order valence-corrected chi connectivity index (χ4v) is 5.35. The number of amides is 1. The van der Waals surface area contributed by atoms with E-state index in [0.29, 0.717) is 42.3 Å². The Bertz CT molecular complexity index is 696. The van der Waals surface area contributed by atoms with Crippen LogP contribution in [0.5, 0.6) is 0 Å². The SMILES string of the molecule is C[C@H]1CC2(CCN1C(=O)OC(C)(C)C)OCCc1c2sc(Cl)c1C=O. The van der Waals surface area contributed by atoms with Gasteiger partial charge in [0.2, 0.25) is 0 Å². The van der Waals surface area contributed by atoms with Gasteiger partial charge in [0.05, 0.1) is 6.61 Å². The van der Waals surface area contributed by atoms with Crippen LogP contribution in [0.2, 0.25) is 4.34 Å². The van der Waals surface area contributed by atoms with Crippen LogP contribution >= 0.6 is 22.9 Å². The lowest BCUT2D eigenvalue weighted by atomic mass is 9.81. The van der Waals surface area contributed by atoms with E-state index in [1.807, 2.05) is 27.7 Å². The lowest BCUT2D eigenvalue weighted by molar-refractivity contribution is -0.108. The number of likely N-dealkylation sites (tertiary alicyclic amines) is 1. The molecule has 2 aliphatic heterocycles.